The maximum absolute atomic E-state index is 12.3. The standard InChI is InChI=1S/C14H18ClNO3/c1-9(17)10-4-6-16(7-5-10)14(19)12-8-11(18)2-3-13(12)15/h2-3,8-10,17-18H,4-7H2,1H3. The molecule has 1 aliphatic heterocycles. The summed E-state index contributed by atoms with van der Waals surface area (Å²) in [6.45, 7) is 3.01. The Hall–Kier alpha value is -1.26. The van der Waals surface area contributed by atoms with E-state index in [9.17, 15) is 15.0 Å². The highest BCUT2D eigenvalue weighted by atomic mass is 35.5. The lowest BCUT2D eigenvalue weighted by molar-refractivity contribution is 0.0521. The topological polar surface area (TPSA) is 60.8 Å². The third kappa shape index (κ3) is 3.19. The second-order valence-corrected chi connectivity index (χ2v) is 5.44. The highest BCUT2D eigenvalue weighted by Gasteiger charge is 2.27. The molecule has 0 radical (unpaired) electrons. The lowest BCUT2D eigenvalue weighted by atomic mass is 9.92. The van der Waals surface area contributed by atoms with Gasteiger partial charge in [-0.25, -0.2) is 0 Å². The number of benzene rings is 1. The number of amides is 1. The van der Waals surface area contributed by atoms with Crippen molar-refractivity contribution >= 4 is 17.5 Å². The summed E-state index contributed by atoms with van der Waals surface area (Å²) in [5.41, 5.74) is 0.331. The molecule has 0 spiro atoms. The first-order valence-electron chi connectivity index (χ1n) is 6.45. The predicted octanol–water partition coefficient (Wildman–Crippen LogP) is 2.28. The van der Waals surface area contributed by atoms with Gasteiger partial charge in [-0.3, -0.25) is 4.79 Å². The smallest absolute Gasteiger partial charge is 0.255 e. The van der Waals surface area contributed by atoms with Crippen molar-refractivity contribution in [3.05, 3.63) is 28.8 Å². The summed E-state index contributed by atoms with van der Waals surface area (Å²) in [7, 11) is 0. The normalized spacial score (nSPS) is 18.4. The van der Waals surface area contributed by atoms with Crippen molar-refractivity contribution in [1.82, 2.24) is 4.90 Å². The zero-order chi connectivity index (χ0) is 14.0. The second kappa shape index (κ2) is 5.80. The molecule has 0 bridgehead atoms. The van der Waals surface area contributed by atoms with Crippen LogP contribution in [0.3, 0.4) is 0 Å². The van der Waals surface area contributed by atoms with E-state index in [0.29, 0.717) is 23.7 Å². The molecule has 1 atom stereocenters. The summed E-state index contributed by atoms with van der Waals surface area (Å²) in [4.78, 5) is 14.0. The van der Waals surface area contributed by atoms with Gasteiger partial charge in [0.2, 0.25) is 0 Å². The summed E-state index contributed by atoms with van der Waals surface area (Å²) < 4.78 is 0. The van der Waals surface area contributed by atoms with Crippen LogP contribution in [0.15, 0.2) is 18.2 Å². The van der Waals surface area contributed by atoms with Crippen molar-refractivity contribution in [2.45, 2.75) is 25.9 Å². The number of aliphatic hydroxyl groups excluding tert-OH is 1. The van der Waals surface area contributed by atoms with Crippen molar-refractivity contribution in [2.24, 2.45) is 5.92 Å². The molecule has 2 N–H and O–H groups in total. The number of aromatic hydroxyl groups is 1. The van der Waals surface area contributed by atoms with Crippen LogP contribution in [0, 0.1) is 5.92 Å². The molecule has 1 aromatic rings. The zero-order valence-corrected chi connectivity index (χ0v) is 11.6. The number of rotatable bonds is 2. The Labute approximate surface area is 117 Å². The van der Waals surface area contributed by atoms with E-state index in [1.807, 2.05) is 0 Å². The van der Waals surface area contributed by atoms with Gasteiger partial charge in [0.1, 0.15) is 5.75 Å². The van der Waals surface area contributed by atoms with Crippen LogP contribution in [0.5, 0.6) is 5.75 Å². The van der Waals surface area contributed by atoms with Crippen molar-refractivity contribution in [3.8, 4) is 5.75 Å². The molecule has 1 aliphatic rings. The van der Waals surface area contributed by atoms with E-state index in [1.165, 1.54) is 18.2 Å². The van der Waals surface area contributed by atoms with Gasteiger partial charge < -0.3 is 15.1 Å². The Bertz CT molecular complexity index is 468. The molecule has 0 aliphatic carbocycles. The van der Waals surface area contributed by atoms with Crippen LogP contribution >= 0.6 is 11.6 Å². The van der Waals surface area contributed by atoms with Crippen LogP contribution in [0.2, 0.25) is 5.02 Å². The van der Waals surface area contributed by atoms with E-state index in [2.05, 4.69) is 0 Å². The van der Waals surface area contributed by atoms with E-state index in [4.69, 9.17) is 11.6 Å². The van der Waals surface area contributed by atoms with Gasteiger partial charge in [-0.15, -0.1) is 0 Å². The molecule has 4 nitrogen and oxygen atoms in total. The number of aliphatic hydroxyl groups is 1. The van der Waals surface area contributed by atoms with Crippen LogP contribution in [-0.2, 0) is 0 Å². The minimum Gasteiger partial charge on any atom is -0.508 e. The molecular weight excluding hydrogens is 266 g/mol. The van der Waals surface area contributed by atoms with Crippen molar-refractivity contribution in [3.63, 3.8) is 0 Å². The minimum atomic E-state index is -0.332. The van der Waals surface area contributed by atoms with Gasteiger partial charge in [0.05, 0.1) is 16.7 Å². The first-order valence-corrected chi connectivity index (χ1v) is 6.82. The van der Waals surface area contributed by atoms with Crippen LogP contribution in [-0.4, -0.2) is 40.2 Å². The maximum atomic E-state index is 12.3. The van der Waals surface area contributed by atoms with Crippen LogP contribution in [0.25, 0.3) is 0 Å². The van der Waals surface area contributed by atoms with Gasteiger partial charge >= 0.3 is 0 Å². The molecule has 0 aromatic heterocycles. The first kappa shape index (κ1) is 14.2. The summed E-state index contributed by atoms with van der Waals surface area (Å²) in [6, 6.07) is 4.37. The number of carbonyl (C=O) groups is 1. The number of hydrogen-bond donors (Lipinski definition) is 2. The van der Waals surface area contributed by atoms with E-state index >= 15 is 0 Å². The van der Waals surface area contributed by atoms with Crippen molar-refractivity contribution in [2.75, 3.05) is 13.1 Å². The minimum absolute atomic E-state index is 0.0339. The second-order valence-electron chi connectivity index (χ2n) is 5.03. The molecule has 5 heteroatoms. The molecule has 1 unspecified atom stereocenters. The van der Waals surface area contributed by atoms with Crippen LogP contribution in [0.1, 0.15) is 30.1 Å². The third-order valence-corrected chi connectivity index (χ3v) is 4.02. The number of hydrogen-bond acceptors (Lipinski definition) is 3. The van der Waals surface area contributed by atoms with E-state index in [1.54, 1.807) is 11.8 Å². The van der Waals surface area contributed by atoms with E-state index < -0.39 is 0 Å². The van der Waals surface area contributed by atoms with E-state index in [0.717, 1.165) is 12.8 Å². The molecular formula is C14H18ClNO3. The monoisotopic (exact) mass is 283 g/mol. The average Bonchev–Trinajstić information content (AvgIpc) is 2.41. The quantitative estimate of drug-likeness (QED) is 0.875. The van der Waals surface area contributed by atoms with Crippen molar-refractivity contribution < 1.29 is 15.0 Å². The lowest BCUT2D eigenvalue weighted by Gasteiger charge is -2.33. The van der Waals surface area contributed by atoms with Gasteiger partial charge in [-0.1, -0.05) is 11.6 Å². The van der Waals surface area contributed by atoms with Crippen LogP contribution in [0.4, 0.5) is 0 Å². The summed E-state index contributed by atoms with van der Waals surface area (Å²) in [5.74, 6) is 0.125. The van der Waals surface area contributed by atoms with Gasteiger partial charge in [-0.05, 0) is 43.9 Å². The fourth-order valence-corrected chi connectivity index (χ4v) is 2.63. The fraction of sp³-hybridized carbons (Fsp3) is 0.500. The molecule has 104 valence electrons. The third-order valence-electron chi connectivity index (χ3n) is 3.69. The molecule has 1 aromatic carbocycles. The number of nitrogens with zero attached hydrogens (tertiary/aromatic N) is 1. The molecule has 2 rings (SSSR count). The highest BCUT2D eigenvalue weighted by molar-refractivity contribution is 6.33. The Morgan fingerprint density at radius 1 is 1.42 bits per heavy atom. The van der Waals surface area contributed by atoms with Gasteiger partial charge in [0.15, 0.2) is 0 Å². The Balaban J connectivity index is 2.07. The average molecular weight is 284 g/mol. The Morgan fingerprint density at radius 2 is 2.05 bits per heavy atom. The van der Waals surface area contributed by atoms with Gasteiger partial charge in [0, 0.05) is 13.1 Å². The highest BCUT2D eigenvalue weighted by Crippen LogP contribution is 2.26. The number of phenolic OH excluding ortho intramolecular Hbond substituents is 1. The number of likely N-dealkylation sites (tertiary alicyclic amines) is 1. The molecule has 19 heavy (non-hydrogen) atoms. The molecule has 1 amide bonds. The van der Waals surface area contributed by atoms with Gasteiger partial charge in [0.25, 0.3) is 5.91 Å². The summed E-state index contributed by atoms with van der Waals surface area (Å²) in [6.07, 6.45) is 1.25. The molecule has 1 fully saturated rings. The molecule has 1 heterocycles. The predicted molar refractivity (Wildman–Crippen MR) is 73.4 cm³/mol. The maximum Gasteiger partial charge on any atom is 0.255 e. The van der Waals surface area contributed by atoms with E-state index in [-0.39, 0.29) is 23.7 Å². The van der Waals surface area contributed by atoms with Crippen LogP contribution < -0.4 is 0 Å². The van der Waals surface area contributed by atoms with Crippen molar-refractivity contribution in [1.29, 1.82) is 0 Å². The number of halogens is 1. The lowest BCUT2D eigenvalue weighted by Crippen LogP contribution is -2.40. The summed E-state index contributed by atoms with van der Waals surface area (Å²) >= 11 is 5.99. The molecule has 1 saturated heterocycles. The number of phenols is 1. The van der Waals surface area contributed by atoms with Gasteiger partial charge in [-0.2, -0.15) is 0 Å². The Morgan fingerprint density at radius 3 is 2.63 bits per heavy atom. The largest absolute Gasteiger partial charge is 0.508 e. The fourth-order valence-electron chi connectivity index (χ4n) is 2.43. The number of carbonyl (C=O) groups excluding carboxylic acids is 1. The Kier molecular flexibility index (Phi) is 4.32. The first-order chi connectivity index (χ1) is 8.99. The summed E-state index contributed by atoms with van der Waals surface area (Å²) in [5, 5.41) is 19.3. The number of piperidine rings is 1. The zero-order valence-electron chi connectivity index (χ0n) is 10.8. The SMILES string of the molecule is CC(O)C1CCN(C(=O)c2cc(O)ccc2Cl)CC1. The molecule has 0 saturated carbocycles.